The maximum absolute atomic E-state index is 6.27. The number of rotatable bonds is 8. The SMILES string of the molecule is CCOc1cc(CNc2ccc(C)c(C)c2)cc(Br)c1OCc1cccc2ccccc12. The summed E-state index contributed by atoms with van der Waals surface area (Å²) < 4.78 is 13.1. The molecule has 0 bridgehead atoms. The van der Waals surface area contributed by atoms with Crippen LogP contribution in [-0.2, 0) is 13.2 Å². The Bertz CT molecular complexity index is 1230. The van der Waals surface area contributed by atoms with Crippen molar-refractivity contribution in [2.45, 2.75) is 33.9 Å². The van der Waals surface area contributed by atoms with Crippen molar-refractivity contribution < 1.29 is 9.47 Å². The molecule has 4 heteroatoms. The molecule has 0 aliphatic carbocycles. The van der Waals surface area contributed by atoms with Gasteiger partial charge >= 0.3 is 0 Å². The van der Waals surface area contributed by atoms with Crippen LogP contribution in [0.5, 0.6) is 11.5 Å². The minimum Gasteiger partial charge on any atom is -0.490 e. The summed E-state index contributed by atoms with van der Waals surface area (Å²) in [6.07, 6.45) is 0. The summed E-state index contributed by atoms with van der Waals surface area (Å²) in [6, 6.07) is 25.3. The number of ether oxygens (including phenoxy) is 2. The highest BCUT2D eigenvalue weighted by atomic mass is 79.9. The third-order valence-corrected chi connectivity index (χ3v) is 6.21. The average Bonchev–Trinajstić information content (AvgIpc) is 2.79. The molecule has 0 saturated carbocycles. The Hall–Kier alpha value is -2.98. The second-order valence-corrected chi connectivity index (χ2v) is 8.77. The van der Waals surface area contributed by atoms with Gasteiger partial charge in [-0.25, -0.2) is 0 Å². The molecule has 32 heavy (non-hydrogen) atoms. The zero-order valence-electron chi connectivity index (χ0n) is 18.7. The normalized spacial score (nSPS) is 10.9. The van der Waals surface area contributed by atoms with Gasteiger partial charge in [-0.3, -0.25) is 0 Å². The van der Waals surface area contributed by atoms with E-state index >= 15 is 0 Å². The van der Waals surface area contributed by atoms with Gasteiger partial charge in [-0.05, 0) is 94.0 Å². The first-order chi connectivity index (χ1) is 15.5. The molecule has 1 N–H and O–H groups in total. The molecule has 0 saturated heterocycles. The summed E-state index contributed by atoms with van der Waals surface area (Å²) in [7, 11) is 0. The van der Waals surface area contributed by atoms with E-state index in [0.29, 0.717) is 19.8 Å². The van der Waals surface area contributed by atoms with Crippen molar-refractivity contribution in [1.82, 2.24) is 0 Å². The number of aryl methyl sites for hydroxylation is 2. The van der Waals surface area contributed by atoms with Crippen LogP contribution in [0.1, 0.15) is 29.2 Å². The van der Waals surface area contributed by atoms with E-state index in [4.69, 9.17) is 9.47 Å². The van der Waals surface area contributed by atoms with E-state index in [1.807, 2.05) is 6.92 Å². The number of hydrogen-bond donors (Lipinski definition) is 1. The van der Waals surface area contributed by atoms with Crippen molar-refractivity contribution in [1.29, 1.82) is 0 Å². The van der Waals surface area contributed by atoms with Crippen molar-refractivity contribution >= 4 is 32.4 Å². The van der Waals surface area contributed by atoms with Crippen LogP contribution in [-0.4, -0.2) is 6.61 Å². The van der Waals surface area contributed by atoms with Crippen LogP contribution in [0.4, 0.5) is 5.69 Å². The van der Waals surface area contributed by atoms with Crippen LogP contribution in [0.2, 0.25) is 0 Å². The quantitative estimate of drug-likeness (QED) is 0.273. The van der Waals surface area contributed by atoms with Gasteiger partial charge in [0.05, 0.1) is 11.1 Å². The van der Waals surface area contributed by atoms with Crippen LogP contribution < -0.4 is 14.8 Å². The third-order valence-electron chi connectivity index (χ3n) is 5.62. The molecule has 0 spiro atoms. The summed E-state index contributed by atoms with van der Waals surface area (Å²) in [5.74, 6) is 1.48. The van der Waals surface area contributed by atoms with E-state index in [1.54, 1.807) is 0 Å². The Kier molecular flexibility index (Phi) is 7.01. The van der Waals surface area contributed by atoms with Gasteiger partial charge in [0.15, 0.2) is 11.5 Å². The minimum absolute atomic E-state index is 0.472. The summed E-state index contributed by atoms with van der Waals surface area (Å²) in [5.41, 5.74) is 5.96. The van der Waals surface area contributed by atoms with Crippen molar-refractivity contribution in [3.05, 3.63) is 99.5 Å². The first kappa shape index (κ1) is 22.2. The van der Waals surface area contributed by atoms with Gasteiger partial charge in [0.2, 0.25) is 0 Å². The molecule has 0 aliphatic heterocycles. The van der Waals surface area contributed by atoms with Crippen molar-refractivity contribution in [3.63, 3.8) is 0 Å². The summed E-state index contributed by atoms with van der Waals surface area (Å²) in [6.45, 7) is 7.99. The van der Waals surface area contributed by atoms with Gasteiger partial charge in [-0.15, -0.1) is 0 Å². The van der Waals surface area contributed by atoms with Crippen molar-refractivity contribution in [2.24, 2.45) is 0 Å². The Morgan fingerprint density at radius 1 is 0.844 bits per heavy atom. The first-order valence-electron chi connectivity index (χ1n) is 10.9. The molecular weight excluding hydrogens is 462 g/mol. The van der Waals surface area contributed by atoms with Gasteiger partial charge in [0.25, 0.3) is 0 Å². The van der Waals surface area contributed by atoms with E-state index in [0.717, 1.165) is 32.8 Å². The van der Waals surface area contributed by atoms with E-state index in [-0.39, 0.29) is 0 Å². The predicted molar refractivity (Wildman–Crippen MR) is 137 cm³/mol. The molecule has 0 aromatic heterocycles. The lowest BCUT2D eigenvalue weighted by Gasteiger charge is -2.17. The molecule has 4 aromatic rings. The molecule has 3 nitrogen and oxygen atoms in total. The van der Waals surface area contributed by atoms with Crippen LogP contribution in [0.25, 0.3) is 10.8 Å². The van der Waals surface area contributed by atoms with Gasteiger partial charge in [-0.2, -0.15) is 0 Å². The summed E-state index contributed by atoms with van der Waals surface area (Å²) in [4.78, 5) is 0. The largest absolute Gasteiger partial charge is 0.490 e. The Balaban J connectivity index is 1.53. The highest BCUT2D eigenvalue weighted by Crippen LogP contribution is 2.38. The molecule has 4 rings (SSSR count). The molecule has 0 aliphatic rings. The van der Waals surface area contributed by atoms with E-state index in [2.05, 4.69) is 108 Å². The minimum atomic E-state index is 0.472. The maximum atomic E-state index is 6.27. The number of nitrogens with one attached hydrogen (secondary N) is 1. The highest BCUT2D eigenvalue weighted by Gasteiger charge is 2.13. The highest BCUT2D eigenvalue weighted by molar-refractivity contribution is 9.10. The second-order valence-electron chi connectivity index (χ2n) is 7.92. The van der Waals surface area contributed by atoms with E-state index in [1.165, 1.54) is 21.9 Å². The lowest BCUT2D eigenvalue weighted by atomic mass is 10.1. The van der Waals surface area contributed by atoms with Gasteiger partial charge in [0.1, 0.15) is 6.61 Å². The lowest BCUT2D eigenvalue weighted by molar-refractivity contribution is 0.268. The zero-order chi connectivity index (χ0) is 22.5. The molecule has 0 atom stereocenters. The summed E-state index contributed by atoms with van der Waals surface area (Å²) in [5, 5.41) is 5.93. The van der Waals surface area contributed by atoms with Crippen LogP contribution in [0.15, 0.2) is 77.3 Å². The number of anilines is 1. The van der Waals surface area contributed by atoms with Crippen LogP contribution >= 0.6 is 15.9 Å². The number of halogens is 1. The molecule has 164 valence electrons. The van der Waals surface area contributed by atoms with Gasteiger partial charge in [-0.1, -0.05) is 48.5 Å². The fourth-order valence-electron chi connectivity index (χ4n) is 3.75. The molecule has 0 unspecified atom stereocenters. The second kappa shape index (κ2) is 10.1. The van der Waals surface area contributed by atoms with Crippen LogP contribution in [0, 0.1) is 13.8 Å². The third kappa shape index (κ3) is 5.08. The van der Waals surface area contributed by atoms with Crippen molar-refractivity contribution in [2.75, 3.05) is 11.9 Å². The first-order valence-corrected chi connectivity index (χ1v) is 11.7. The zero-order valence-corrected chi connectivity index (χ0v) is 20.3. The smallest absolute Gasteiger partial charge is 0.175 e. The van der Waals surface area contributed by atoms with Gasteiger partial charge < -0.3 is 14.8 Å². The maximum Gasteiger partial charge on any atom is 0.175 e. The topological polar surface area (TPSA) is 30.5 Å². The fraction of sp³-hybridized carbons (Fsp3) is 0.214. The Morgan fingerprint density at radius 2 is 1.66 bits per heavy atom. The monoisotopic (exact) mass is 489 g/mol. The van der Waals surface area contributed by atoms with Crippen LogP contribution in [0.3, 0.4) is 0 Å². The molecule has 0 heterocycles. The van der Waals surface area contributed by atoms with E-state index < -0.39 is 0 Å². The lowest BCUT2D eigenvalue weighted by Crippen LogP contribution is -2.04. The van der Waals surface area contributed by atoms with E-state index in [9.17, 15) is 0 Å². The fourth-order valence-corrected chi connectivity index (χ4v) is 4.35. The molecule has 0 amide bonds. The molecular formula is C28H28BrNO2. The molecule has 0 radical (unpaired) electrons. The molecule has 0 fully saturated rings. The summed E-state index contributed by atoms with van der Waals surface area (Å²) >= 11 is 3.71. The number of benzene rings is 4. The standard InChI is InChI=1S/C28H28BrNO2/c1-4-31-27-16-21(17-30-24-13-12-19(2)20(3)14-24)15-26(29)28(27)32-18-23-10-7-9-22-8-5-6-11-25(22)23/h5-16,30H,4,17-18H2,1-3H3. The average molecular weight is 490 g/mol. The predicted octanol–water partition coefficient (Wildman–Crippen LogP) is 7.81. The Labute approximate surface area is 198 Å². The number of fused-ring (bicyclic) bond motifs is 1. The number of hydrogen-bond acceptors (Lipinski definition) is 3. The van der Waals surface area contributed by atoms with Crippen molar-refractivity contribution in [3.8, 4) is 11.5 Å². The Morgan fingerprint density at radius 3 is 2.47 bits per heavy atom. The van der Waals surface area contributed by atoms with Gasteiger partial charge in [0, 0.05) is 12.2 Å². The molecule has 4 aromatic carbocycles.